The smallest absolute Gasteiger partial charge is 0.191 e. The topological polar surface area (TPSA) is 50.6 Å². The molecule has 1 unspecified atom stereocenters. The van der Waals surface area contributed by atoms with Gasteiger partial charge in [0.15, 0.2) is 17.5 Å². The molecule has 0 amide bonds. The van der Waals surface area contributed by atoms with Gasteiger partial charge < -0.3 is 19.9 Å². The van der Waals surface area contributed by atoms with Crippen LogP contribution in [0.5, 0.6) is 5.75 Å². The van der Waals surface area contributed by atoms with Crippen molar-refractivity contribution in [1.82, 2.24) is 15.2 Å². The molecule has 0 radical (unpaired) electrons. The molecule has 1 heterocycles. The van der Waals surface area contributed by atoms with Gasteiger partial charge in [-0.2, -0.15) is 0 Å². The van der Waals surface area contributed by atoms with E-state index < -0.39 is 0 Å². The molecule has 23 heavy (non-hydrogen) atoms. The van der Waals surface area contributed by atoms with Crippen LogP contribution >= 0.6 is 0 Å². The van der Waals surface area contributed by atoms with E-state index in [0.29, 0.717) is 19.0 Å². The van der Waals surface area contributed by atoms with E-state index in [0.717, 1.165) is 0 Å². The van der Waals surface area contributed by atoms with Gasteiger partial charge in [-0.3, -0.25) is 4.99 Å². The first-order valence-electron chi connectivity index (χ1n) is 7.55. The van der Waals surface area contributed by atoms with Crippen LogP contribution in [0.25, 0.3) is 0 Å². The normalized spacial score (nSPS) is 12.8. The number of hydrogen-bond acceptors (Lipinski definition) is 2. The van der Waals surface area contributed by atoms with Crippen LogP contribution in [0, 0.1) is 5.82 Å². The molecule has 1 aromatic heterocycles. The van der Waals surface area contributed by atoms with E-state index >= 15 is 0 Å². The van der Waals surface area contributed by atoms with Gasteiger partial charge in [0.05, 0.1) is 6.54 Å². The van der Waals surface area contributed by atoms with Crippen molar-refractivity contribution in [2.24, 2.45) is 12.0 Å². The Kier molecular flexibility index (Phi) is 6.02. The predicted octanol–water partition coefficient (Wildman–Crippen LogP) is 2.30. The van der Waals surface area contributed by atoms with Gasteiger partial charge in [-0.15, -0.1) is 0 Å². The van der Waals surface area contributed by atoms with Crippen LogP contribution < -0.4 is 15.4 Å². The first-order valence-corrected chi connectivity index (χ1v) is 7.55. The number of hydrogen-bond donors (Lipinski definition) is 2. The van der Waals surface area contributed by atoms with Crippen molar-refractivity contribution >= 4 is 5.96 Å². The van der Waals surface area contributed by atoms with E-state index in [4.69, 9.17) is 4.74 Å². The van der Waals surface area contributed by atoms with Crippen molar-refractivity contribution in [2.75, 3.05) is 13.6 Å². The summed E-state index contributed by atoms with van der Waals surface area (Å²) in [5.41, 5.74) is 1.17. The number of ether oxygens (including phenoxy) is 1. The molecule has 0 spiro atoms. The summed E-state index contributed by atoms with van der Waals surface area (Å²) in [5.74, 6) is 0.581. The highest BCUT2D eigenvalue weighted by molar-refractivity contribution is 5.79. The lowest BCUT2D eigenvalue weighted by atomic mass is 10.3. The molecular formula is C17H23FN4O. The molecule has 0 aliphatic carbocycles. The fourth-order valence-electron chi connectivity index (χ4n) is 2.11. The van der Waals surface area contributed by atoms with Gasteiger partial charge in [-0.1, -0.05) is 12.1 Å². The summed E-state index contributed by atoms with van der Waals surface area (Å²) in [6, 6.07) is 8.44. The monoisotopic (exact) mass is 318 g/mol. The third-order valence-corrected chi connectivity index (χ3v) is 3.30. The summed E-state index contributed by atoms with van der Waals surface area (Å²) in [4.78, 5) is 4.16. The SMILES string of the molecule is CN=C(NCc1ccn(C)c1)NCC(C)Oc1ccccc1F. The Balaban J connectivity index is 1.77. The molecule has 0 saturated carbocycles. The maximum Gasteiger partial charge on any atom is 0.191 e. The summed E-state index contributed by atoms with van der Waals surface area (Å²) in [5, 5.41) is 6.40. The number of nitrogens with one attached hydrogen (secondary N) is 2. The number of aliphatic imine (C=N–C) groups is 1. The molecule has 1 aromatic carbocycles. The summed E-state index contributed by atoms with van der Waals surface area (Å²) in [7, 11) is 3.70. The molecule has 6 heteroatoms. The average molecular weight is 318 g/mol. The zero-order valence-electron chi connectivity index (χ0n) is 13.7. The molecule has 0 bridgehead atoms. The summed E-state index contributed by atoms with van der Waals surface area (Å²) < 4.78 is 21.1. The fourth-order valence-corrected chi connectivity index (χ4v) is 2.11. The highest BCUT2D eigenvalue weighted by Gasteiger charge is 2.08. The van der Waals surface area contributed by atoms with E-state index in [2.05, 4.69) is 15.6 Å². The number of aromatic nitrogens is 1. The lowest BCUT2D eigenvalue weighted by Gasteiger charge is -2.18. The number of aryl methyl sites for hydroxylation is 1. The van der Waals surface area contributed by atoms with Crippen molar-refractivity contribution in [3.8, 4) is 5.75 Å². The minimum Gasteiger partial charge on any atom is -0.486 e. The Labute approximate surface area is 136 Å². The molecule has 2 N–H and O–H groups in total. The second-order valence-corrected chi connectivity index (χ2v) is 5.35. The van der Waals surface area contributed by atoms with E-state index in [9.17, 15) is 4.39 Å². The van der Waals surface area contributed by atoms with Crippen LogP contribution in [-0.2, 0) is 13.6 Å². The zero-order chi connectivity index (χ0) is 16.7. The van der Waals surface area contributed by atoms with Gasteiger partial charge in [0, 0.05) is 33.0 Å². The molecule has 1 atom stereocenters. The van der Waals surface area contributed by atoms with Crippen LogP contribution in [0.15, 0.2) is 47.7 Å². The number of guanidine groups is 1. The number of halogens is 1. The van der Waals surface area contributed by atoms with Crippen molar-refractivity contribution < 1.29 is 9.13 Å². The minimum atomic E-state index is -0.356. The lowest BCUT2D eigenvalue weighted by molar-refractivity contribution is 0.214. The molecule has 5 nitrogen and oxygen atoms in total. The van der Waals surface area contributed by atoms with Gasteiger partial charge in [-0.25, -0.2) is 4.39 Å². The Morgan fingerprint density at radius 3 is 2.74 bits per heavy atom. The average Bonchev–Trinajstić information content (AvgIpc) is 2.95. The van der Waals surface area contributed by atoms with Gasteiger partial charge in [-0.05, 0) is 30.7 Å². The largest absolute Gasteiger partial charge is 0.486 e. The first kappa shape index (κ1) is 16.9. The Morgan fingerprint density at radius 1 is 1.30 bits per heavy atom. The summed E-state index contributed by atoms with van der Waals surface area (Å²) in [6.07, 6.45) is 3.85. The number of para-hydroxylation sites is 1. The Hall–Kier alpha value is -2.50. The molecular weight excluding hydrogens is 295 g/mol. The number of nitrogens with zero attached hydrogens (tertiary/aromatic N) is 2. The van der Waals surface area contributed by atoms with E-state index in [1.807, 2.05) is 37.0 Å². The minimum absolute atomic E-state index is 0.192. The molecule has 0 saturated heterocycles. The first-order chi connectivity index (χ1) is 11.1. The van der Waals surface area contributed by atoms with Crippen LogP contribution in [0.3, 0.4) is 0 Å². The maximum atomic E-state index is 13.5. The fraction of sp³-hybridized carbons (Fsp3) is 0.353. The Bertz CT molecular complexity index is 654. The van der Waals surface area contributed by atoms with Gasteiger partial charge in [0.25, 0.3) is 0 Å². The van der Waals surface area contributed by atoms with E-state index in [-0.39, 0.29) is 17.7 Å². The van der Waals surface area contributed by atoms with E-state index in [1.54, 1.807) is 25.2 Å². The molecule has 124 valence electrons. The quantitative estimate of drug-likeness (QED) is 0.635. The van der Waals surface area contributed by atoms with Crippen LogP contribution in [0.2, 0.25) is 0 Å². The molecule has 2 aromatic rings. The second-order valence-electron chi connectivity index (χ2n) is 5.35. The predicted molar refractivity (Wildman–Crippen MR) is 90.1 cm³/mol. The maximum absolute atomic E-state index is 13.5. The number of rotatable bonds is 6. The van der Waals surface area contributed by atoms with Crippen molar-refractivity contribution in [2.45, 2.75) is 19.6 Å². The number of benzene rings is 1. The second kappa shape index (κ2) is 8.22. The highest BCUT2D eigenvalue weighted by Crippen LogP contribution is 2.16. The summed E-state index contributed by atoms with van der Waals surface area (Å²) >= 11 is 0. The lowest BCUT2D eigenvalue weighted by Crippen LogP contribution is -2.41. The third-order valence-electron chi connectivity index (χ3n) is 3.30. The summed E-state index contributed by atoms with van der Waals surface area (Å²) in [6.45, 7) is 3.08. The standard InChI is InChI=1S/C17H23FN4O/c1-13(23-16-7-5-4-6-15(16)18)10-20-17(19-2)21-11-14-8-9-22(3)12-14/h4-9,12-13H,10-11H2,1-3H3,(H2,19,20,21). The van der Waals surface area contributed by atoms with Gasteiger partial charge in [0.1, 0.15) is 6.10 Å². The van der Waals surface area contributed by atoms with Crippen LogP contribution in [0.4, 0.5) is 4.39 Å². The van der Waals surface area contributed by atoms with Crippen LogP contribution in [-0.4, -0.2) is 30.2 Å². The van der Waals surface area contributed by atoms with Crippen LogP contribution in [0.1, 0.15) is 12.5 Å². The molecule has 2 rings (SSSR count). The molecule has 0 aliphatic heterocycles. The van der Waals surface area contributed by atoms with Gasteiger partial charge >= 0.3 is 0 Å². The third kappa shape index (κ3) is 5.32. The van der Waals surface area contributed by atoms with Crippen molar-refractivity contribution in [1.29, 1.82) is 0 Å². The van der Waals surface area contributed by atoms with E-state index in [1.165, 1.54) is 11.6 Å². The molecule has 0 aliphatic rings. The molecule has 0 fully saturated rings. The van der Waals surface area contributed by atoms with Gasteiger partial charge in [0.2, 0.25) is 0 Å². The zero-order valence-corrected chi connectivity index (χ0v) is 13.7. The van der Waals surface area contributed by atoms with Crippen molar-refractivity contribution in [3.05, 3.63) is 54.1 Å². The highest BCUT2D eigenvalue weighted by atomic mass is 19.1. The Morgan fingerprint density at radius 2 is 2.09 bits per heavy atom. The van der Waals surface area contributed by atoms with Crippen molar-refractivity contribution in [3.63, 3.8) is 0 Å².